The number of halogens is 3. The molecule has 0 saturated carbocycles. The second-order valence-electron chi connectivity index (χ2n) is 3.34. The largest absolute Gasteiger partial charge is 0.396 e. The number of anilines is 3. The summed E-state index contributed by atoms with van der Waals surface area (Å²) in [5.41, 5.74) is 7.20. The van der Waals surface area contributed by atoms with Gasteiger partial charge in [0.05, 0.1) is 16.4 Å². The van der Waals surface area contributed by atoms with Gasteiger partial charge in [-0.15, -0.1) is 0 Å². The molecule has 0 aliphatic carbocycles. The summed E-state index contributed by atoms with van der Waals surface area (Å²) in [5, 5.41) is 3.65. The van der Waals surface area contributed by atoms with Crippen molar-refractivity contribution in [1.29, 1.82) is 0 Å². The van der Waals surface area contributed by atoms with Crippen molar-refractivity contribution < 1.29 is 0 Å². The van der Waals surface area contributed by atoms with E-state index in [1.807, 2.05) is 18.2 Å². The summed E-state index contributed by atoms with van der Waals surface area (Å²) in [6.45, 7) is 0. The molecule has 1 aromatic carbocycles. The average Bonchev–Trinajstić information content (AvgIpc) is 2.27. The molecule has 0 amide bonds. The van der Waals surface area contributed by atoms with Crippen LogP contribution in [0.5, 0.6) is 0 Å². The Balaban J connectivity index is 2.34. The van der Waals surface area contributed by atoms with Crippen LogP contribution in [0.1, 0.15) is 0 Å². The predicted octanol–water partition coefficient (Wildman–Crippen LogP) is 4.59. The quantitative estimate of drug-likeness (QED) is 0.805. The summed E-state index contributed by atoms with van der Waals surface area (Å²) in [6.07, 6.45) is 1.55. The first-order valence-electron chi connectivity index (χ1n) is 4.69. The molecule has 2 rings (SSSR count). The molecule has 0 fully saturated rings. The number of hydrogen-bond acceptors (Lipinski definition) is 3. The number of pyridine rings is 1. The van der Waals surface area contributed by atoms with Crippen LogP contribution < -0.4 is 11.1 Å². The van der Waals surface area contributed by atoms with Crippen molar-refractivity contribution in [2.75, 3.05) is 11.1 Å². The monoisotopic (exact) mass is 375 g/mol. The van der Waals surface area contributed by atoms with E-state index in [4.69, 9.17) is 17.3 Å². The number of nitrogens with zero attached hydrogens (tertiary/aromatic N) is 1. The Hall–Kier alpha value is -0.780. The highest BCUT2D eigenvalue weighted by molar-refractivity contribution is 9.11. The molecule has 1 aromatic heterocycles. The van der Waals surface area contributed by atoms with E-state index in [2.05, 4.69) is 42.2 Å². The standard InChI is InChI=1S/C11H8Br2ClN3/c12-6-1-2-8(13)10(3-6)17-11-9(15)4-7(14)5-16-11/h1-5H,15H2,(H,16,17). The fourth-order valence-corrected chi connectivity index (χ4v) is 2.15. The van der Waals surface area contributed by atoms with Gasteiger partial charge in [-0.1, -0.05) is 27.5 Å². The second kappa shape index (κ2) is 5.25. The van der Waals surface area contributed by atoms with Crippen LogP contribution in [-0.2, 0) is 0 Å². The van der Waals surface area contributed by atoms with E-state index in [9.17, 15) is 0 Å². The van der Waals surface area contributed by atoms with Gasteiger partial charge >= 0.3 is 0 Å². The lowest BCUT2D eigenvalue weighted by Crippen LogP contribution is -1.99. The molecule has 3 nitrogen and oxygen atoms in total. The maximum atomic E-state index is 5.82. The summed E-state index contributed by atoms with van der Waals surface area (Å²) < 4.78 is 1.90. The molecule has 6 heteroatoms. The summed E-state index contributed by atoms with van der Waals surface area (Å²) >= 11 is 12.6. The van der Waals surface area contributed by atoms with Crippen molar-refractivity contribution in [2.45, 2.75) is 0 Å². The molecule has 0 radical (unpaired) electrons. The maximum absolute atomic E-state index is 5.82. The summed E-state index contributed by atoms with van der Waals surface area (Å²) in [4.78, 5) is 4.14. The molecule has 0 atom stereocenters. The minimum Gasteiger partial charge on any atom is -0.396 e. The topological polar surface area (TPSA) is 50.9 Å². The zero-order chi connectivity index (χ0) is 12.4. The third kappa shape index (κ3) is 3.12. The Morgan fingerprint density at radius 1 is 1.24 bits per heavy atom. The number of aromatic nitrogens is 1. The van der Waals surface area contributed by atoms with Gasteiger partial charge in [0.2, 0.25) is 0 Å². The zero-order valence-corrected chi connectivity index (χ0v) is 12.5. The lowest BCUT2D eigenvalue weighted by atomic mass is 10.3. The van der Waals surface area contributed by atoms with Crippen molar-refractivity contribution in [2.24, 2.45) is 0 Å². The predicted molar refractivity (Wildman–Crippen MR) is 78.8 cm³/mol. The summed E-state index contributed by atoms with van der Waals surface area (Å²) in [5.74, 6) is 0.577. The van der Waals surface area contributed by atoms with Gasteiger partial charge < -0.3 is 11.1 Å². The SMILES string of the molecule is Nc1cc(Cl)cnc1Nc1cc(Br)ccc1Br. The molecule has 3 N–H and O–H groups in total. The van der Waals surface area contributed by atoms with Crippen molar-refractivity contribution >= 4 is 60.7 Å². The Kier molecular flexibility index (Phi) is 3.91. The molecule has 17 heavy (non-hydrogen) atoms. The zero-order valence-electron chi connectivity index (χ0n) is 8.55. The second-order valence-corrected chi connectivity index (χ2v) is 5.55. The van der Waals surface area contributed by atoms with Crippen LogP contribution in [0.2, 0.25) is 5.02 Å². The third-order valence-corrected chi connectivity index (χ3v) is 3.46. The van der Waals surface area contributed by atoms with Gasteiger partial charge in [-0.05, 0) is 40.2 Å². The number of nitrogens with one attached hydrogen (secondary N) is 1. The van der Waals surface area contributed by atoms with Gasteiger partial charge in [0.25, 0.3) is 0 Å². The van der Waals surface area contributed by atoms with Crippen LogP contribution in [0.25, 0.3) is 0 Å². The Morgan fingerprint density at radius 3 is 2.71 bits per heavy atom. The van der Waals surface area contributed by atoms with Gasteiger partial charge in [-0.25, -0.2) is 4.98 Å². The number of hydrogen-bond donors (Lipinski definition) is 2. The maximum Gasteiger partial charge on any atom is 0.153 e. The van der Waals surface area contributed by atoms with Crippen molar-refractivity contribution in [3.63, 3.8) is 0 Å². The van der Waals surface area contributed by atoms with Gasteiger partial charge in [-0.3, -0.25) is 0 Å². The number of nitrogens with two attached hydrogens (primary N) is 1. The highest BCUT2D eigenvalue weighted by Crippen LogP contribution is 2.30. The molecule has 88 valence electrons. The summed E-state index contributed by atoms with van der Waals surface area (Å²) in [7, 11) is 0. The Labute approximate surface area is 121 Å². The first kappa shape index (κ1) is 12.7. The van der Waals surface area contributed by atoms with Gasteiger partial charge in [0, 0.05) is 15.1 Å². The van der Waals surface area contributed by atoms with Crippen LogP contribution >= 0.6 is 43.5 Å². The molecule has 2 aromatic rings. The van der Waals surface area contributed by atoms with Gasteiger partial charge in [-0.2, -0.15) is 0 Å². The smallest absolute Gasteiger partial charge is 0.153 e. The molecular weight excluding hydrogens is 369 g/mol. The molecule has 0 bridgehead atoms. The van der Waals surface area contributed by atoms with Crippen LogP contribution in [0.15, 0.2) is 39.4 Å². The highest BCUT2D eigenvalue weighted by atomic mass is 79.9. The van der Waals surface area contributed by atoms with Crippen LogP contribution in [0, 0.1) is 0 Å². The van der Waals surface area contributed by atoms with Crippen LogP contribution in [0.3, 0.4) is 0 Å². The van der Waals surface area contributed by atoms with E-state index in [0.717, 1.165) is 14.6 Å². The Morgan fingerprint density at radius 2 is 2.00 bits per heavy atom. The number of benzene rings is 1. The number of rotatable bonds is 2. The summed E-state index contributed by atoms with van der Waals surface area (Å²) in [6, 6.07) is 7.45. The van der Waals surface area contributed by atoms with E-state index < -0.39 is 0 Å². The van der Waals surface area contributed by atoms with E-state index in [0.29, 0.717) is 16.5 Å². The van der Waals surface area contributed by atoms with Crippen molar-refractivity contribution in [3.05, 3.63) is 44.4 Å². The number of nitrogen functional groups attached to an aromatic ring is 1. The van der Waals surface area contributed by atoms with Crippen LogP contribution in [-0.4, -0.2) is 4.98 Å². The minimum atomic E-state index is 0.504. The minimum absolute atomic E-state index is 0.504. The van der Waals surface area contributed by atoms with Crippen molar-refractivity contribution in [3.8, 4) is 0 Å². The van der Waals surface area contributed by atoms with Crippen molar-refractivity contribution in [1.82, 2.24) is 4.98 Å². The van der Waals surface area contributed by atoms with Gasteiger partial charge in [0.15, 0.2) is 5.82 Å². The molecule has 1 heterocycles. The van der Waals surface area contributed by atoms with E-state index in [-0.39, 0.29) is 0 Å². The highest BCUT2D eigenvalue weighted by Gasteiger charge is 2.05. The molecule has 0 spiro atoms. The molecule has 0 aliphatic rings. The Bertz CT molecular complexity index is 560. The van der Waals surface area contributed by atoms with Crippen LogP contribution in [0.4, 0.5) is 17.2 Å². The lowest BCUT2D eigenvalue weighted by molar-refractivity contribution is 1.31. The fraction of sp³-hybridized carbons (Fsp3) is 0. The molecular formula is C11H8Br2ClN3. The lowest BCUT2D eigenvalue weighted by Gasteiger charge is -2.10. The third-order valence-electron chi connectivity index (χ3n) is 2.07. The van der Waals surface area contributed by atoms with E-state index >= 15 is 0 Å². The van der Waals surface area contributed by atoms with E-state index in [1.165, 1.54) is 0 Å². The first-order chi connectivity index (χ1) is 8.06. The molecule has 0 aliphatic heterocycles. The molecule has 0 saturated heterocycles. The first-order valence-corrected chi connectivity index (χ1v) is 6.66. The van der Waals surface area contributed by atoms with E-state index in [1.54, 1.807) is 12.3 Å². The fourth-order valence-electron chi connectivity index (χ4n) is 1.28. The van der Waals surface area contributed by atoms with Gasteiger partial charge in [0.1, 0.15) is 0 Å². The molecule has 0 unspecified atom stereocenters. The normalized spacial score (nSPS) is 10.3. The average molecular weight is 377 g/mol.